The molecule has 1 aliphatic rings. The van der Waals surface area contributed by atoms with Crippen LogP contribution >= 0.6 is 23.4 Å². The number of nitrogens with one attached hydrogen (secondary N) is 2. The Morgan fingerprint density at radius 2 is 2.00 bits per heavy atom. The highest BCUT2D eigenvalue weighted by Crippen LogP contribution is 2.25. The number of hydrogen-bond donors (Lipinski definition) is 3. The fraction of sp³-hybridized carbons (Fsp3) is 0.250. The summed E-state index contributed by atoms with van der Waals surface area (Å²) in [6.07, 6.45) is 1.11. The Hall–Kier alpha value is -2.51. The molecule has 0 saturated heterocycles. The number of thioether (sulfide) groups is 1. The zero-order valence-electron chi connectivity index (χ0n) is 15.6. The van der Waals surface area contributed by atoms with E-state index in [9.17, 15) is 4.79 Å². The van der Waals surface area contributed by atoms with Crippen LogP contribution in [-0.4, -0.2) is 33.7 Å². The van der Waals surface area contributed by atoms with Gasteiger partial charge in [-0.05, 0) is 49.2 Å². The Labute approximate surface area is 173 Å². The first-order valence-electron chi connectivity index (χ1n) is 8.88. The molecule has 1 aliphatic heterocycles. The molecule has 0 saturated carbocycles. The van der Waals surface area contributed by atoms with Crippen molar-refractivity contribution in [3.8, 4) is 0 Å². The Bertz CT molecular complexity index is 928. The molecule has 0 spiro atoms. The minimum Gasteiger partial charge on any atom is -0.478 e. The van der Waals surface area contributed by atoms with Crippen molar-refractivity contribution in [3.63, 3.8) is 0 Å². The number of carboxylic acids is 1. The maximum atomic E-state index is 11.1. The summed E-state index contributed by atoms with van der Waals surface area (Å²) < 4.78 is 0. The average molecular weight is 417 g/mol. The summed E-state index contributed by atoms with van der Waals surface area (Å²) in [6.45, 7) is 4.91. The maximum absolute atomic E-state index is 11.1. The van der Waals surface area contributed by atoms with Gasteiger partial charge in [0.15, 0.2) is 5.17 Å². The number of nitrogens with zero attached hydrogens (tertiary/aromatic N) is 2. The van der Waals surface area contributed by atoms with Crippen molar-refractivity contribution in [2.75, 3.05) is 17.3 Å². The van der Waals surface area contributed by atoms with E-state index in [1.807, 2.05) is 31.2 Å². The largest absolute Gasteiger partial charge is 0.478 e. The standard InChI is InChI=1S/C20H21ClN4O2S/c1-3-16-11-22-20(28-16)23-15-7-4-13(5-8-15)12(2)24-25-18-10-14(19(26)27)6-9-17(18)21/h4-10,16,25H,3,11H2,1-2H3,(H,22,23)(H,26,27)/b24-12-/t16-/m1/s1. The zero-order valence-corrected chi connectivity index (χ0v) is 17.1. The maximum Gasteiger partial charge on any atom is 0.335 e. The molecule has 3 N–H and O–H groups in total. The van der Waals surface area contributed by atoms with E-state index in [0.29, 0.717) is 16.0 Å². The SMILES string of the molecule is CC[C@@H]1CN=C(Nc2ccc(/C(C)=N\Nc3cc(C(=O)O)ccc3Cl)cc2)S1. The van der Waals surface area contributed by atoms with Gasteiger partial charge in [-0.3, -0.25) is 10.4 Å². The minimum absolute atomic E-state index is 0.146. The lowest BCUT2D eigenvalue weighted by atomic mass is 10.1. The molecule has 8 heteroatoms. The second-order valence-corrected chi connectivity index (χ2v) is 8.00. The number of amidine groups is 1. The van der Waals surface area contributed by atoms with E-state index in [0.717, 1.165) is 35.1 Å². The van der Waals surface area contributed by atoms with Gasteiger partial charge in [0, 0.05) is 10.9 Å². The van der Waals surface area contributed by atoms with Crippen molar-refractivity contribution < 1.29 is 9.90 Å². The summed E-state index contributed by atoms with van der Waals surface area (Å²) in [5, 5.41) is 18.7. The van der Waals surface area contributed by atoms with E-state index >= 15 is 0 Å². The van der Waals surface area contributed by atoms with Gasteiger partial charge in [0.05, 0.1) is 28.5 Å². The minimum atomic E-state index is -1.02. The molecule has 1 atom stereocenters. The lowest BCUT2D eigenvalue weighted by molar-refractivity contribution is 0.0697. The monoisotopic (exact) mass is 416 g/mol. The molecule has 0 aliphatic carbocycles. The van der Waals surface area contributed by atoms with Crippen molar-refractivity contribution in [2.24, 2.45) is 10.1 Å². The van der Waals surface area contributed by atoms with Crippen molar-refractivity contribution >= 4 is 51.6 Å². The van der Waals surface area contributed by atoms with Crippen LogP contribution in [0.1, 0.15) is 36.2 Å². The summed E-state index contributed by atoms with van der Waals surface area (Å²) >= 11 is 7.88. The quantitative estimate of drug-likeness (QED) is 0.447. The zero-order chi connectivity index (χ0) is 20.1. The van der Waals surface area contributed by atoms with E-state index in [-0.39, 0.29) is 5.56 Å². The number of carboxylic acid groups (broad SMARTS) is 1. The topological polar surface area (TPSA) is 86.1 Å². The summed E-state index contributed by atoms with van der Waals surface area (Å²) in [5.41, 5.74) is 6.11. The van der Waals surface area contributed by atoms with Crippen LogP contribution in [0.5, 0.6) is 0 Å². The van der Waals surface area contributed by atoms with Crippen molar-refractivity contribution in [2.45, 2.75) is 25.5 Å². The first-order valence-corrected chi connectivity index (χ1v) is 10.1. The lowest BCUT2D eigenvalue weighted by Gasteiger charge is -2.09. The molecule has 3 rings (SSSR count). The fourth-order valence-electron chi connectivity index (χ4n) is 2.57. The Morgan fingerprint density at radius 3 is 2.64 bits per heavy atom. The van der Waals surface area contributed by atoms with E-state index in [1.165, 1.54) is 18.2 Å². The predicted molar refractivity (Wildman–Crippen MR) is 118 cm³/mol. The van der Waals surface area contributed by atoms with E-state index in [4.69, 9.17) is 16.7 Å². The summed E-state index contributed by atoms with van der Waals surface area (Å²) in [7, 11) is 0. The number of anilines is 2. The smallest absolute Gasteiger partial charge is 0.335 e. The highest BCUT2D eigenvalue weighted by molar-refractivity contribution is 8.15. The van der Waals surface area contributed by atoms with Gasteiger partial charge in [-0.15, -0.1) is 0 Å². The third-order valence-electron chi connectivity index (χ3n) is 4.28. The number of hydrazone groups is 1. The molecule has 6 nitrogen and oxygen atoms in total. The number of aliphatic imine (C=N–C) groups is 1. The molecule has 0 bridgehead atoms. The first kappa shape index (κ1) is 20.2. The lowest BCUT2D eigenvalue weighted by Crippen LogP contribution is -2.07. The van der Waals surface area contributed by atoms with Gasteiger partial charge in [-0.1, -0.05) is 42.4 Å². The highest BCUT2D eigenvalue weighted by atomic mass is 35.5. The van der Waals surface area contributed by atoms with Crippen molar-refractivity contribution in [3.05, 3.63) is 58.6 Å². The number of halogens is 1. The summed E-state index contributed by atoms with van der Waals surface area (Å²) in [6, 6.07) is 12.3. The Balaban J connectivity index is 1.65. The van der Waals surface area contributed by atoms with Crippen LogP contribution in [0.25, 0.3) is 0 Å². The normalized spacial score (nSPS) is 16.6. The fourth-order valence-corrected chi connectivity index (χ4v) is 3.69. The second kappa shape index (κ2) is 9.12. The van der Waals surface area contributed by atoms with Crippen LogP contribution in [0.15, 0.2) is 52.6 Å². The number of hydrogen-bond acceptors (Lipinski definition) is 6. The van der Waals surface area contributed by atoms with Crippen molar-refractivity contribution in [1.29, 1.82) is 0 Å². The molecule has 146 valence electrons. The van der Waals surface area contributed by atoms with Crippen LogP contribution < -0.4 is 10.7 Å². The third kappa shape index (κ3) is 5.05. The molecule has 0 aromatic heterocycles. The molecule has 0 fully saturated rings. The van der Waals surface area contributed by atoms with Crippen molar-refractivity contribution in [1.82, 2.24) is 0 Å². The highest BCUT2D eigenvalue weighted by Gasteiger charge is 2.17. The first-order chi connectivity index (χ1) is 13.5. The molecule has 28 heavy (non-hydrogen) atoms. The van der Waals surface area contributed by atoms with Gasteiger partial charge in [-0.2, -0.15) is 5.10 Å². The number of benzene rings is 2. The summed E-state index contributed by atoms with van der Waals surface area (Å²) in [5.74, 6) is -1.02. The van der Waals surface area contributed by atoms with Crippen LogP contribution in [0, 0.1) is 0 Å². The number of rotatable bonds is 6. The Morgan fingerprint density at radius 1 is 1.29 bits per heavy atom. The molecular formula is C20H21ClN4O2S. The van der Waals surface area contributed by atoms with Gasteiger partial charge in [-0.25, -0.2) is 4.79 Å². The molecule has 0 amide bonds. The van der Waals surface area contributed by atoms with Crippen LogP contribution in [-0.2, 0) is 0 Å². The molecule has 2 aromatic carbocycles. The molecule has 0 unspecified atom stereocenters. The van der Waals surface area contributed by atoms with Gasteiger partial charge in [0.25, 0.3) is 0 Å². The van der Waals surface area contributed by atoms with E-state index < -0.39 is 5.97 Å². The van der Waals surface area contributed by atoms with Gasteiger partial charge in [0.1, 0.15) is 0 Å². The molecule has 0 radical (unpaired) electrons. The molecule has 1 heterocycles. The third-order valence-corrected chi connectivity index (χ3v) is 5.88. The van der Waals surface area contributed by atoms with E-state index in [1.54, 1.807) is 11.8 Å². The average Bonchev–Trinajstić information content (AvgIpc) is 3.15. The Kier molecular flexibility index (Phi) is 6.59. The number of aromatic carboxylic acids is 1. The molecule has 2 aromatic rings. The van der Waals surface area contributed by atoms with Gasteiger partial charge in [0.2, 0.25) is 0 Å². The van der Waals surface area contributed by atoms with Crippen LogP contribution in [0.3, 0.4) is 0 Å². The van der Waals surface area contributed by atoms with Crippen LogP contribution in [0.2, 0.25) is 5.02 Å². The second-order valence-electron chi connectivity index (χ2n) is 6.31. The molecular weight excluding hydrogens is 396 g/mol. The van der Waals surface area contributed by atoms with E-state index in [2.05, 4.69) is 27.8 Å². The number of carbonyl (C=O) groups is 1. The summed E-state index contributed by atoms with van der Waals surface area (Å²) in [4.78, 5) is 15.6. The predicted octanol–water partition coefficient (Wildman–Crippen LogP) is 5.17. The van der Waals surface area contributed by atoms with Gasteiger partial charge < -0.3 is 10.4 Å². The van der Waals surface area contributed by atoms with Gasteiger partial charge >= 0.3 is 5.97 Å². The van der Waals surface area contributed by atoms with Crippen LogP contribution in [0.4, 0.5) is 11.4 Å².